The number of piperidine rings is 1. The van der Waals surface area contributed by atoms with E-state index in [0.717, 1.165) is 36.4 Å². The number of nitrogens with zero attached hydrogens (tertiary/aromatic N) is 2. The van der Waals surface area contributed by atoms with Crippen LogP contribution < -0.4 is 11.1 Å². The number of thiophene rings is 1. The molecule has 1 aliphatic rings. The monoisotopic (exact) mass is 306 g/mol. The van der Waals surface area contributed by atoms with Crippen LogP contribution in [0.5, 0.6) is 0 Å². The lowest BCUT2D eigenvalue weighted by Crippen LogP contribution is -2.42. The average molecular weight is 306 g/mol. The van der Waals surface area contributed by atoms with Crippen molar-refractivity contribution in [2.24, 2.45) is 11.7 Å². The fourth-order valence-corrected chi connectivity index (χ4v) is 3.73. The third-order valence-electron chi connectivity index (χ3n) is 4.05. The summed E-state index contributed by atoms with van der Waals surface area (Å²) in [7, 11) is 0. The number of likely N-dealkylation sites (tertiary alicyclic amines) is 1. The van der Waals surface area contributed by atoms with Gasteiger partial charge in [-0.2, -0.15) is 5.26 Å². The Kier molecular flexibility index (Phi) is 5.34. The third-order valence-corrected chi connectivity index (χ3v) is 5.18. The molecule has 114 valence electrons. The van der Waals surface area contributed by atoms with Crippen LogP contribution in [-0.2, 0) is 4.79 Å². The lowest BCUT2D eigenvalue weighted by Gasteiger charge is -2.31. The van der Waals surface area contributed by atoms with Crippen LogP contribution in [0.3, 0.4) is 0 Å². The molecule has 0 radical (unpaired) electrons. The zero-order valence-corrected chi connectivity index (χ0v) is 13.4. The molecule has 6 heteroatoms. The highest BCUT2D eigenvalue weighted by atomic mass is 32.1. The molecule has 1 aliphatic heterocycles. The quantitative estimate of drug-likeness (QED) is 0.889. The third kappa shape index (κ3) is 3.82. The first kappa shape index (κ1) is 16.0. The lowest BCUT2D eigenvalue weighted by atomic mass is 9.98. The van der Waals surface area contributed by atoms with Gasteiger partial charge in [-0.05, 0) is 51.3 Å². The van der Waals surface area contributed by atoms with E-state index in [2.05, 4.69) is 16.3 Å². The Morgan fingerprint density at radius 2 is 2.33 bits per heavy atom. The highest BCUT2D eigenvalue weighted by Gasteiger charge is 2.21. The minimum atomic E-state index is -0.0505. The number of hydrogen-bond acceptors (Lipinski definition) is 5. The number of amides is 1. The first-order valence-electron chi connectivity index (χ1n) is 7.27. The van der Waals surface area contributed by atoms with Gasteiger partial charge in [0, 0.05) is 11.4 Å². The van der Waals surface area contributed by atoms with Crippen LogP contribution in [-0.4, -0.2) is 37.0 Å². The minimum Gasteiger partial charge on any atom is -0.330 e. The molecular weight excluding hydrogens is 284 g/mol. The topological polar surface area (TPSA) is 82.2 Å². The van der Waals surface area contributed by atoms with Crippen molar-refractivity contribution in [1.82, 2.24) is 4.90 Å². The van der Waals surface area contributed by atoms with Gasteiger partial charge in [-0.15, -0.1) is 11.3 Å². The van der Waals surface area contributed by atoms with Crippen LogP contribution in [0.2, 0.25) is 0 Å². The minimum absolute atomic E-state index is 0.0505. The number of nitrogens with two attached hydrogens (primary N) is 1. The molecule has 0 saturated carbocycles. The van der Waals surface area contributed by atoms with E-state index in [1.807, 2.05) is 13.8 Å². The first-order chi connectivity index (χ1) is 10.0. The number of carbonyl (C=O) groups is 1. The maximum Gasteiger partial charge on any atom is 0.239 e. The van der Waals surface area contributed by atoms with Gasteiger partial charge < -0.3 is 11.1 Å². The SMILES string of the molecule is Cc1sc(NC(=O)CN2CCCC(CN)C2)c(C#N)c1C. The van der Waals surface area contributed by atoms with Crippen molar-refractivity contribution in [1.29, 1.82) is 5.26 Å². The van der Waals surface area contributed by atoms with Gasteiger partial charge in [0.25, 0.3) is 0 Å². The molecule has 0 aromatic carbocycles. The molecule has 3 N–H and O–H groups in total. The number of rotatable bonds is 4. The molecule has 21 heavy (non-hydrogen) atoms. The van der Waals surface area contributed by atoms with Crippen LogP contribution in [0.15, 0.2) is 0 Å². The van der Waals surface area contributed by atoms with Gasteiger partial charge in [-0.3, -0.25) is 9.69 Å². The van der Waals surface area contributed by atoms with Crippen LogP contribution >= 0.6 is 11.3 Å². The van der Waals surface area contributed by atoms with Crippen LogP contribution in [0.4, 0.5) is 5.00 Å². The molecule has 5 nitrogen and oxygen atoms in total. The van der Waals surface area contributed by atoms with Gasteiger partial charge in [-0.1, -0.05) is 0 Å². The second kappa shape index (κ2) is 7.03. The molecule has 2 heterocycles. The molecule has 0 bridgehead atoms. The fourth-order valence-electron chi connectivity index (χ4n) is 2.71. The molecule has 1 unspecified atom stereocenters. The molecule has 1 aromatic rings. The van der Waals surface area contributed by atoms with E-state index < -0.39 is 0 Å². The Morgan fingerprint density at radius 1 is 1.57 bits per heavy atom. The number of nitriles is 1. The second-order valence-corrected chi connectivity index (χ2v) is 6.85. The van der Waals surface area contributed by atoms with Crippen molar-refractivity contribution in [3.05, 3.63) is 16.0 Å². The summed E-state index contributed by atoms with van der Waals surface area (Å²) >= 11 is 1.47. The maximum atomic E-state index is 12.2. The summed E-state index contributed by atoms with van der Waals surface area (Å²) in [5.74, 6) is 0.442. The number of aryl methyl sites for hydroxylation is 1. The van der Waals surface area contributed by atoms with Crippen molar-refractivity contribution < 1.29 is 4.79 Å². The van der Waals surface area contributed by atoms with Crippen LogP contribution in [0.25, 0.3) is 0 Å². The van der Waals surface area contributed by atoms with Crippen LogP contribution in [0, 0.1) is 31.1 Å². The lowest BCUT2D eigenvalue weighted by molar-refractivity contribution is -0.117. The standard InChI is InChI=1S/C15H22N4OS/c1-10-11(2)21-15(13(10)7-17)18-14(20)9-19-5-3-4-12(6-16)8-19/h12H,3-6,8-9,16H2,1-2H3,(H,18,20). The van der Waals surface area contributed by atoms with E-state index in [0.29, 0.717) is 29.6 Å². The van der Waals surface area contributed by atoms with Crippen molar-refractivity contribution in [2.45, 2.75) is 26.7 Å². The molecule has 1 amide bonds. The van der Waals surface area contributed by atoms with Crippen molar-refractivity contribution in [2.75, 3.05) is 31.5 Å². The van der Waals surface area contributed by atoms with Crippen LogP contribution in [0.1, 0.15) is 28.8 Å². The summed E-state index contributed by atoms with van der Waals surface area (Å²) in [5.41, 5.74) is 7.26. The normalized spacial score (nSPS) is 19.2. The van der Waals surface area contributed by atoms with Crippen molar-refractivity contribution in [3.8, 4) is 6.07 Å². The molecule has 0 spiro atoms. The molecular formula is C15H22N4OS. The predicted molar refractivity (Wildman–Crippen MR) is 85.4 cm³/mol. The summed E-state index contributed by atoms with van der Waals surface area (Å²) in [4.78, 5) is 15.4. The predicted octanol–water partition coefficient (Wildman–Crippen LogP) is 1.85. The summed E-state index contributed by atoms with van der Waals surface area (Å²) in [5, 5.41) is 12.8. The Bertz CT molecular complexity index is 561. The Labute approximate surface area is 129 Å². The zero-order chi connectivity index (χ0) is 15.4. The number of hydrogen-bond donors (Lipinski definition) is 2. The van der Waals surface area contributed by atoms with E-state index in [1.54, 1.807) is 0 Å². The summed E-state index contributed by atoms with van der Waals surface area (Å²) < 4.78 is 0. The summed E-state index contributed by atoms with van der Waals surface area (Å²) in [6.07, 6.45) is 2.24. The zero-order valence-electron chi connectivity index (χ0n) is 12.6. The van der Waals surface area contributed by atoms with E-state index >= 15 is 0 Å². The highest BCUT2D eigenvalue weighted by Crippen LogP contribution is 2.31. The summed E-state index contributed by atoms with van der Waals surface area (Å²) in [6, 6.07) is 2.18. The molecule has 1 aromatic heterocycles. The number of anilines is 1. The Balaban J connectivity index is 1.96. The van der Waals surface area contributed by atoms with Gasteiger partial charge in [0.05, 0.1) is 12.1 Å². The fraction of sp³-hybridized carbons (Fsp3) is 0.600. The van der Waals surface area contributed by atoms with Gasteiger partial charge in [0.2, 0.25) is 5.91 Å². The molecule has 1 saturated heterocycles. The van der Waals surface area contributed by atoms with Gasteiger partial charge >= 0.3 is 0 Å². The molecule has 0 aliphatic carbocycles. The van der Waals surface area contributed by atoms with E-state index in [9.17, 15) is 10.1 Å². The number of carbonyl (C=O) groups excluding carboxylic acids is 1. The van der Waals surface area contributed by atoms with Gasteiger partial charge in [0.15, 0.2) is 0 Å². The van der Waals surface area contributed by atoms with E-state index in [4.69, 9.17) is 5.73 Å². The summed E-state index contributed by atoms with van der Waals surface area (Å²) in [6.45, 7) is 6.76. The molecule has 2 rings (SSSR count). The Hall–Kier alpha value is -1.42. The van der Waals surface area contributed by atoms with Crippen molar-refractivity contribution in [3.63, 3.8) is 0 Å². The van der Waals surface area contributed by atoms with Crippen molar-refractivity contribution >= 4 is 22.2 Å². The molecule has 1 atom stereocenters. The highest BCUT2D eigenvalue weighted by molar-refractivity contribution is 7.16. The van der Waals surface area contributed by atoms with E-state index in [-0.39, 0.29) is 5.91 Å². The number of nitrogens with one attached hydrogen (secondary N) is 1. The first-order valence-corrected chi connectivity index (χ1v) is 8.09. The smallest absolute Gasteiger partial charge is 0.239 e. The average Bonchev–Trinajstić information content (AvgIpc) is 2.73. The molecule has 1 fully saturated rings. The van der Waals surface area contributed by atoms with E-state index in [1.165, 1.54) is 11.3 Å². The second-order valence-electron chi connectivity index (χ2n) is 5.63. The van der Waals surface area contributed by atoms with Gasteiger partial charge in [-0.25, -0.2) is 0 Å². The largest absolute Gasteiger partial charge is 0.330 e. The van der Waals surface area contributed by atoms with Gasteiger partial charge in [0.1, 0.15) is 11.1 Å². The Morgan fingerprint density at radius 3 is 3.00 bits per heavy atom. The maximum absolute atomic E-state index is 12.2.